The Hall–Kier alpha value is -1.19. The fraction of sp³-hybridized carbons (Fsp3) is 0.438. The second-order valence-corrected chi connectivity index (χ2v) is 5.95. The van der Waals surface area contributed by atoms with Gasteiger partial charge in [-0.15, -0.1) is 11.3 Å². The van der Waals surface area contributed by atoms with E-state index in [1.165, 1.54) is 16.0 Å². The van der Waals surface area contributed by atoms with E-state index < -0.39 is 0 Å². The highest BCUT2D eigenvalue weighted by molar-refractivity contribution is 7.09. The van der Waals surface area contributed by atoms with Crippen LogP contribution in [-0.2, 0) is 12.8 Å². The van der Waals surface area contributed by atoms with Gasteiger partial charge in [0.05, 0.1) is 5.51 Å². The summed E-state index contributed by atoms with van der Waals surface area (Å²) in [6.07, 6.45) is 4.25. The highest BCUT2D eigenvalue weighted by atomic mass is 32.1. The molecule has 1 atom stereocenters. The van der Waals surface area contributed by atoms with Crippen LogP contribution in [0.3, 0.4) is 0 Å². The van der Waals surface area contributed by atoms with Crippen molar-refractivity contribution < 1.29 is 0 Å². The predicted molar refractivity (Wildman–Crippen MR) is 82.7 cm³/mol. The molecule has 0 aliphatic rings. The van der Waals surface area contributed by atoms with Crippen LogP contribution in [0.5, 0.6) is 0 Å². The fourth-order valence-electron chi connectivity index (χ4n) is 2.34. The van der Waals surface area contributed by atoms with Crippen molar-refractivity contribution in [3.8, 4) is 0 Å². The van der Waals surface area contributed by atoms with Crippen LogP contribution in [0.4, 0.5) is 0 Å². The molecule has 19 heavy (non-hydrogen) atoms. The summed E-state index contributed by atoms with van der Waals surface area (Å²) >= 11 is 1.76. The molecule has 2 nitrogen and oxygen atoms in total. The summed E-state index contributed by atoms with van der Waals surface area (Å²) in [5.74, 6) is 0.640. The normalized spacial score (nSPS) is 12.5. The lowest BCUT2D eigenvalue weighted by molar-refractivity contribution is 0.480. The predicted octanol–water partition coefficient (Wildman–Crippen LogP) is 3.46. The number of aromatic nitrogens is 1. The van der Waals surface area contributed by atoms with Crippen LogP contribution < -0.4 is 5.32 Å². The minimum atomic E-state index is 0.640. The van der Waals surface area contributed by atoms with Crippen molar-refractivity contribution in [3.05, 3.63) is 52.0 Å². The molecule has 2 rings (SSSR count). The van der Waals surface area contributed by atoms with Gasteiger partial charge in [-0.1, -0.05) is 31.2 Å². The molecule has 0 saturated heterocycles. The highest BCUT2D eigenvalue weighted by Gasteiger charge is 2.12. The van der Waals surface area contributed by atoms with Gasteiger partial charge in [0.15, 0.2) is 0 Å². The molecular formula is C16H22N2S. The van der Waals surface area contributed by atoms with E-state index in [-0.39, 0.29) is 0 Å². The van der Waals surface area contributed by atoms with Gasteiger partial charge in [-0.3, -0.25) is 4.98 Å². The van der Waals surface area contributed by atoms with Crippen LogP contribution >= 0.6 is 11.3 Å². The Morgan fingerprint density at radius 1 is 1.26 bits per heavy atom. The van der Waals surface area contributed by atoms with E-state index in [0.717, 1.165) is 25.9 Å². The molecule has 0 fully saturated rings. The zero-order valence-electron chi connectivity index (χ0n) is 11.7. The van der Waals surface area contributed by atoms with Gasteiger partial charge >= 0.3 is 0 Å². The van der Waals surface area contributed by atoms with Crippen LogP contribution in [0.2, 0.25) is 0 Å². The van der Waals surface area contributed by atoms with Gasteiger partial charge in [-0.2, -0.15) is 0 Å². The molecule has 0 aliphatic heterocycles. The molecular weight excluding hydrogens is 252 g/mol. The number of benzene rings is 1. The van der Waals surface area contributed by atoms with Crippen molar-refractivity contribution in [2.75, 3.05) is 13.1 Å². The molecule has 1 heterocycles. The van der Waals surface area contributed by atoms with Crippen LogP contribution in [0, 0.1) is 12.8 Å². The molecule has 1 unspecified atom stereocenters. The SMILES string of the molecule is CCNCC(Cc1cncs1)Cc1ccccc1C. The van der Waals surface area contributed by atoms with Crippen LogP contribution in [0.1, 0.15) is 22.9 Å². The maximum absolute atomic E-state index is 4.18. The molecule has 1 aromatic carbocycles. The van der Waals surface area contributed by atoms with Gasteiger partial charge in [-0.25, -0.2) is 0 Å². The summed E-state index contributed by atoms with van der Waals surface area (Å²) in [5.41, 5.74) is 4.79. The molecule has 0 radical (unpaired) electrons. The summed E-state index contributed by atoms with van der Waals surface area (Å²) in [7, 11) is 0. The molecule has 2 aromatic rings. The summed E-state index contributed by atoms with van der Waals surface area (Å²) < 4.78 is 0. The van der Waals surface area contributed by atoms with Crippen molar-refractivity contribution in [1.82, 2.24) is 10.3 Å². The minimum absolute atomic E-state index is 0.640. The summed E-state index contributed by atoms with van der Waals surface area (Å²) in [6, 6.07) is 8.70. The van der Waals surface area contributed by atoms with Gasteiger partial charge < -0.3 is 5.32 Å². The molecule has 0 amide bonds. The minimum Gasteiger partial charge on any atom is -0.317 e. The Balaban J connectivity index is 2.03. The zero-order valence-corrected chi connectivity index (χ0v) is 12.5. The third-order valence-electron chi connectivity index (χ3n) is 3.43. The molecule has 0 bridgehead atoms. The Morgan fingerprint density at radius 2 is 2.11 bits per heavy atom. The number of hydrogen-bond donors (Lipinski definition) is 1. The lowest BCUT2D eigenvalue weighted by atomic mass is 9.93. The van der Waals surface area contributed by atoms with E-state index in [1.807, 2.05) is 11.7 Å². The topological polar surface area (TPSA) is 24.9 Å². The average molecular weight is 274 g/mol. The van der Waals surface area contributed by atoms with E-state index in [9.17, 15) is 0 Å². The molecule has 0 spiro atoms. The van der Waals surface area contributed by atoms with Gasteiger partial charge in [0.2, 0.25) is 0 Å². The number of thiazole rings is 1. The molecule has 1 aromatic heterocycles. The molecule has 3 heteroatoms. The average Bonchev–Trinajstić information content (AvgIpc) is 2.91. The zero-order chi connectivity index (χ0) is 13.5. The standard InChI is InChI=1S/C16H22N2S/c1-3-17-10-14(9-16-11-18-12-19-16)8-15-7-5-4-6-13(15)2/h4-7,11-12,14,17H,3,8-10H2,1-2H3. The Morgan fingerprint density at radius 3 is 2.79 bits per heavy atom. The van der Waals surface area contributed by atoms with E-state index in [1.54, 1.807) is 11.3 Å². The van der Waals surface area contributed by atoms with Crippen LogP contribution in [0.15, 0.2) is 36.0 Å². The Bertz CT molecular complexity index is 479. The monoisotopic (exact) mass is 274 g/mol. The van der Waals surface area contributed by atoms with Crippen LogP contribution in [0.25, 0.3) is 0 Å². The van der Waals surface area contributed by atoms with Crippen molar-refractivity contribution in [3.63, 3.8) is 0 Å². The number of aryl methyl sites for hydroxylation is 1. The largest absolute Gasteiger partial charge is 0.317 e. The summed E-state index contributed by atoms with van der Waals surface area (Å²) in [4.78, 5) is 5.56. The first-order valence-electron chi connectivity index (χ1n) is 6.92. The van der Waals surface area contributed by atoms with Crippen molar-refractivity contribution >= 4 is 11.3 Å². The maximum Gasteiger partial charge on any atom is 0.0794 e. The molecule has 0 saturated carbocycles. The number of nitrogens with one attached hydrogen (secondary N) is 1. The summed E-state index contributed by atoms with van der Waals surface area (Å²) in [5, 5.41) is 3.48. The van der Waals surface area contributed by atoms with Gasteiger partial charge in [0.1, 0.15) is 0 Å². The van der Waals surface area contributed by atoms with Gasteiger partial charge in [0.25, 0.3) is 0 Å². The molecule has 1 N–H and O–H groups in total. The Labute approximate surface area is 119 Å². The van der Waals surface area contributed by atoms with E-state index in [4.69, 9.17) is 0 Å². The van der Waals surface area contributed by atoms with Crippen molar-refractivity contribution in [2.24, 2.45) is 5.92 Å². The van der Waals surface area contributed by atoms with Gasteiger partial charge in [-0.05, 0) is 49.9 Å². The first kappa shape index (κ1) is 14.2. The first-order valence-corrected chi connectivity index (χ1v) is 7.80. The summed E-state index contributed by atoms with van der Waals surface area (Å²) in [6.45, 7) is 6.47. The number of nitrogens with zero attached hydrogens (tertiary/aromatic N) is 1. The van der Waals surface area contributed by atoms with Crippen molar-refractivity contribution in [2.45, 2.75) is 26.7 Å². The maximum atomic E-state index is 4.18. The second kappa shape index (κ2) is 7.41. The number of rotatable bonds is 7. The third kappa shape index (κ3) is 4.44. The van der Waals surface area contributed by atoms with E-state index in [0.29, 0.717) is 5.92 Å². The Kier molecular flexibility index (Phi) is 5.55. The second-order valence-electron chi connectivity index (χ2n) is 4.98. The van der Waals surface area contributed by atoms with Crippen molar-refractivity contribution in [1.29, 1.82) is 0 Å². The smallest absolute Gasteiger partial charge is 0.0794 e. The first-order chi connectivity index (χ1) is 9.29. The third-order valence-corrected chi connectivity index (χ3v) is 4.23. The molecule has 0 aliphatic carbocycles. The van der Waals surface area contributed by atoms with Gasteiger partial charge in [0, 0.05) is 11.1 Å². The fourth-order valence-corrected chi connectivity index (χ4v) is 3.05. The van der Waals surface area contributed by atoms with E-state index >= 15 is 0 Å². The van der Waals surface area contributed by atoms with E-state index in [2.05, 4.69) is 48.4 Å². The lowest BCUT2D eigenvalue weighted by Crippen LogP contribution is -2.25. The highest BCUT2D eigenvalue weighted by Crippen LogP contribution is 2.18. The molecule has 102 valence electrons. The quantitative estimate of drug-likeness (QED) is 0.836. The number of hydrogen-bond acceptors (Lipinski definition) is 3. The lowest BCUT2D eigenvalue weighted by Gasteiger charge is -2.17. The van der Waals surface area contributed by atoms with Crippen LogP contribution in [-0.4, -0.2) is 18.1 Å².